The van der Waals surface area contributed by atoms with Crippen molar-refractivity contribution in [2.75, 3.05) is 33.1 Å². The molecule has 0 aliphatic heterocycles. The van der Waals surface area contributed by atoms with Gasteiger partial charge in [-0.1, -0.05) is 12.1 Å². The predicted octanol–water partition coefficient (Wildman–Crippen LogP) is 2.27. The van der Waals surface area contributed by atoms with Crippen LogP contribution < -0.4 is 10.6 Å². The number of aliphatic imine (C=N–C) groups is 1. The number of nitrogens with one attached hydrogen (secondary N) is 2. The Bertz CT molecular complexity index is 740. The van der Waals surface area contributed by atoms with Crippen LogP contribution in [0.15, 0.2) is 28.1 Å². The van der Waals surface area contributed by atoms with Crippen LogP contribution >= 0.6 is 0 Å². The number of benzene rings is 1. The normalized spacial score (nSPS) is 16.4. The van der Waals surface area contributed by atoms with Gasteiger partial charge in [0.1, 0.15) is 0 Å². The first kappa shape index (κ1) is 20.7. The van der Waals surface area contributed by atoms with Gasteiger partial charge in [0.15, 0.2) is 15.8 Å². The molecule has 1 aliphatic carbocycles. The molecule has 0 aromatic heterocycles. The Labute approximate surface area is 157 Å². The van der Waals surface area contributed by atoms with E-state index in [0.717, 1.165) is 43.2 Å². The molecule has 7 heteroatoms. The fourth-order valence-corrected chi connectivity index (χ4v) is 3.98. The van der Waals surface area contributed by atoms with Crippen molar-refractivity contribution in [3.05, 3.63) is 29.3 Å². The molecule has 0 amide bonds. The van der Waals surface area contributed by atoms with E-state index in [1.165, 1.54) is 19.1 Å². The molecule has 1 saturated carbocycles. The highest BCUT2D eigenvalue weighted by Gasteiger charge is 2.41. The average molecular weight is 382 g/mol. The zero-order valence-corrected chi connectivity index (χ0v) is 17.1. The van der Waals surface area contributed by atoms with Gasteiger partial charge < -0.3 is 15.4 Å². The minimum Gasteiger partial charge on any atom is -0.385 e. The fourth-order valence-electron chi connectivity index (χ4n) is 3.02. The third kappa shape index (κ3) is 5.99. The van der Waals surface area contributed by atoms with Crippen LogP contribution in [0.1, 0.15) is 37.3 Å². The lowest BCUT2D eigenvalue weighted by atomic mass is 10.0. The molecular formula is C19H31N3O3S. The molecule has 146 valence electrons. The van der Waals surface area contributed by atoms with E-state index in [4.69, 9.17) is 4.74 Å². The van der Waals surface area contributed by atoms with Gasteiger partial charge in [0.05, 0.1) is 11.4 Å². The van der Waals surface area contributed by atoms with Gasteiger partial charge in [0.25, 0.3) is 0 Å². The Morgan fingerprint density at radius 3 is 2.58 bits per heavy atom. The van der Waals surface area contributed by atoms with Crippen molar-refractivity contribution in [2.24, 2.45) is 10.4 Å². The minimum atomic E-state index is -3.19. The fraction of sp³-hybridized carbons (Fsp3) is 0.632. The molecule has 1 aromatic rings. The van der Waals surface area contributed by atoms with Gasteiger partial charge in [-0.25, -0.2) is 13.4 Å². The highest BCUT2D eigenvalue weighted by Crippen LogP contribution is 2.48. The van der Waals surface area contributed by atoms with Crippen molar-refractivity contribution in [1.82, 2.24) is 10.6 Å². The number of methoxy groups -OCH3 is 1. The van der Waals surface area contributed by atoms with Gasteiger partial charge in [0.2, 0.25) is 0 Å². The van der Waals surface area contributed by atoms with Crippen molar-refractivity contribution in [1.29, 1.82) is 0 Å². The summed E-state index contributed by atoms with van der Waals surface area (Å²) in [5.41, 5.74) is 2.10. The summed E-state index contributed by atoms with van der Waals surface area (Å²) >= 11 is 0. The number of hydrogen-bond acceptors (Lipinski definition) is 4. The van der Waals surface area contributed by atoms with E-state index in [9.17, 15) is 8.42 Å². The topological polar surface area (TPSA) is 79.8 Å². The third-order valence-corrected chi connectivity index (χ3v) is 6.08. The second kappa shape index (κ2) is 8.86. The maximum atomic E-state index is 11.7. The molecule has 0 bridgehead atoms. The summed E-state index contributed by atoms with van der Waals surface area (Å²) in [4.78, 5) is 5.02. The van der Waals surface area contributed by atoms with Crippen LogP contribution in [0.25, 0.3) is 0 Å². The Kier molecular flexibility index (Phi) is 7.06. The number of guanidine groups is 1. The molecule has 2 N–H and O–H groups in total. The van der Waals surface area contributed by atoms with E-state index >= 15 is 0 Å². The van der Waals surface area contributed by atoms with E-state index in [1.54, 1.807) is 13.2 Å². The van der Waals surface area contributed by atoms with E-state index in [1.807, 2.05) is 26.0 Å². The Morgan fingerprint density at radius 1 is 1.31 bits per heavy atom. The van der Waals surface area contributed by atoms with Gasteiger partial charge in [-0.15, -0.1) is 0 Å². The molecule has 0 heterocycles. The Morgan fingerprint density at radius 2 is 2.04 bits per heavy atom. The maximum absolute atomic E-state index is 11.7. The van der Waals surface area contributed by atoms with Crippen molar-refractivity contribution >= 4 is 15.8 Å². The molecule has 2 rings (SSSR count). The number of nitrogens with zero attached hydrogens (tertiary/aromatic N) is 1. The van der Waals surface area contributed by atoms with Crippen molar-refractivity contribution in [2.45, 2.75) is 44.6 Å². The predicted molar refractivity (Wildman–Crippen MR) is 105 cm³/mol. The number of sulfone groups is 1. The van der Waals surface area contributed by atoms with E-state index in [2.05, 4.69) is 15.6 Å². The van der Waals surface area contributed by atoms with Crippen LogP contribution in [0.2, 0.25) is 0 Å². The number of ether oxygens (including phenoxy) is 1. The largest absolute Gasteiger partial charge is 0.385 e. The van der Waals surface area contributed by atoms with Gasteiger partial charge >= 0.3 is 0 Å². The van der Waals surface area contributed by atoms with Crippen LogP contribution in [-0.2, 0) is 21.1 Å². The molecule has 1 aliphatic rings. The van der Waals surface area contributed by atoms with E-state index in [0.29, 0.717) is 16.9 Å². The molecule has 6 nitrogen and oxygen atoms in total. The lowest BCUT2D eigenvalue weighted by Gasteiger charge is -2.18. The molecule has 0 radical (unpaired) electrons. The van der Waals surface area contributed by atoms with Crippen LogP contribution in [0.5, 0.6) is 0 Å². The van der Waals surface area contributed by atoms with Crippen LogP contribution in [0.4, 0.5) is 0 Å². The summed E-state index contributed by atoms with van der Waals surface area (Å²) in [6, 6.07) is 5.39. The molecule has 0 saturated heterocycles. The standard InChI is InChI=1S/C19H31N3O3S/c1-5-20-18(22-14-19(8-9-19)10-11-25-3)21-13-16-6-7-17(15(2)12-16)26(4,23)24/h6-7,12H,5,8-11,13-14H2,1-4H3,(H2,20,21,22). The molecule has 1 fully saturated rings. The van der Waals surface area contributed by atoms with Crippen molar-refractivity contribution in [3.8, 4) is 0 Å². The maximum Gasteiger partial charge on any atom is 0.191 e. The monoisotopic (exact) mass is 381 g/mol. The molecule has 1 aromatic carbocycles. The quantitative estimate of drug-likeness (QED) is 0.507. The van der Waals surface area contributed by atoms with E-state index in [-0.39, 0.29) is 0 Å². The second-order valence-electron chi connectivity index (χ2n) is 7.16. The first-order valence-corrected chi connectivity index (χ1v) is 11.0. The first-order chi connectivity index (χ1) is 12.3. The lowest BCUT2D eigenvalue weighted by Crippen LogP contribution is -2.40. The number of rotatable bonds is 9. The zero-order valence-electron chi connectivity index (χ0n) is 16.3. The third-order valence-electron chi connectivity index (χ3n) is 4.83. The highest BCUT2D eigenvalue weighted by atomic mass is 32.2. The van der Waals surface area contributed by atoms with Crippen LogP contribution in [0, 0.1) is 12.3 Å². The van der Waals surface area contributed by atoms with E-state index < -0.39 is 9.84 Å². The van der Waals surface area contributed by atoms with Crippen molar-refractivity contribution < 1.29 is 13.2 Å². The number of aryl methyl sites for hydroxylation is 1. The summed E-state index contributed by atoms with van der Waals surface area (Å²) in [5.74, 6) is 0.793. The Balaban J connectivity index is 1.99. The molecule has 0 spiro atoms. The summed E-state index contributed by atoms with van der Waals surface area (Å²) in [5, 5.41) is 6.71. The average Bonchev–Trinajstić information content (AvgIpc) is 3.35. The van der Waals surface area contributed by atoms with Crippen LogP contribution in [0.3, 0.4) is 0 Å². The zero-order chi connectivity index (χ0) is 19.2. The van der Waals surface area contributed by atoms with Crippen LogP contribution in [-0.4, -0.2) is 47.4 Å². The highest BCUT2D eigenvalue weighted by molar-refractivity contribution is 7.90. The SMILES string of the molecule is CCNC(=NCc1ccc(S(C)(=O)=O)c(C)c1)NCC1(CCOC)CC1. The van der Waals surface area contributed by atoms with Gasteiger partial charge in [-0.05, 0) is 55.7 Å². The first-order valence-electron chi connectivity index (χ1n) is 9.10. The summed E-state index contributed by atoms with van der Waals surface area (Å²) in [7, 11) is -1.44. The van der Waals surface area contributed by atoms with Gasteiger partial charge in [-0.3, -0.25) is 0 Å². The van der Waals surface area contributed by atoms with Crippen molar-refractivity contribution in [3.63, 3.8) is 0 Å². The summed E-state index contributed by atoms with van der Waals surface area (Å²) < 4.78 is 28.6. The second-order valence-corrected chi connectivity index (χ2v) is 9.15. The molecule has 0 atom stereocenters. The minimum absolute atomic E-state index is 0.347. The molecular weight excluding hydrogens is 350 g/mol. The Hall–Kier alpha value is -1.60. The summed E-state index contributed by atoms with van der Waals surface area (Å²) in [6.45, 7) is 6.85. The van der Waals surface area contributed by atoms with Gasteiger partial charge in [-0.2, -0.15) is 0 Å². The smallest absolute Gasteiger partial charge is 0.191 e. The number of hydrogen-bond donors (Lipinski definition) is 2. The summed E-state index contributed by atoms with van der Waals surface area (Å²) in [6.07, 6.45) is 4.77. The lowest BCUT2D eigenvalue weighted by molar-refractivity contribution is 0.172. The van der Waals surface area contributed by atoms with Gasteiger partial charge in [0, 0.05) is 33.1 Å². The molecule has 0 unspecified atom stereocenters. The molecule has 26 heavy (non-hydrogen) atoms.